The van der Waals surface area contributed by atoms with Crippen LogP contribution in [0.2, 0.25) is 0 Å². The standard InChI is InChI=1S/C8H15NO4S/c10-4-2-1-3-9-7(11)5-14-6-8(12)13/h10H,1-6H2,(H,9,11)(H,12,13). The smallest absolute Gasteiger partial charge is 0.313 e. The maximum absolute atomic E-state index is 11.0. The number of carboxylic acids is 1. The van der Waals surface area contributed by atoms with E-state index in [0.717, 1.165) is 18.2 Å². The number of carboxylic acid groups (broad SMARTS) is 1. The maximum Gasteiger partial charge on any atom is 0.313 e. The topological polar surface area (TPSA) is 86.6 Å². The van der Waals surface area contributed by atoms with Gasteiger partial charge in [-0.2, -0.15) is 0 Å². The predicted octanol–water partition coefficient (Wildman–Crippen LogP) is -0.307. The zero-order valence-corrected chi connectivity index (χ0v) is 8.68. The van der Waals surface area contributed by atoms with E-state index < -0.39 is 5.97 Å². The zero-order valence-electron chi connectivity index (χ0n) is 7.86. The normalized spacial score (nSPS) is 9.79. The first-order valence-electron chi connectivity index (χ1n) is 4.34. The average molecular weight is 221 g/mol. The predicted molar refractivity (Wildman–Crippen MR) is 54.3 cm³/mol. The Balaban J connectivity index is 3.24. The molecule has 0 atom stereocenters. The first-order chi connectivity index (χ1) is 6.66. The van der Waals surface area contributed by atoms with Gasteiger partial charge in [0.05, 0.1) is 11.5 Å². The van der Waals surface area contributed by atoms with Crippen LogP contribution in [0.5, 0.6) is 0 Å². The monoisotopic (exact) mass is 221 g/mol. The van der Waals surface area contributed by atoms with E-state index in [4.69, 9.17) is 10.2 Å². The first kappa shape index (κ1) is 13.2. The lowest BCUT2D eigenvalue weighted by atomic mass is 10.3. The van der Waals surface area contributed by atoms with Gasteiger partial charge < -0.3 is 15.5 Å². The minimum atomic E-state index is -0.914. The summed E-state index contributed by atoms with van der Waals surface area (Å²) in [5, 5.41) is 19.4. The largest absolute Gasteiger partial charge is 0.481 e. The minimum absolute atomic E-state index is 0.0515. The Bertz CT molecular complexity index is 186. The van der Waals surface area contributed by atoms with Crippen LogP contribution in [0.3, 0.4) is 0 Å². The van der Waals surface area contributed by atoms with Crippen molar-refractivity contribution in [2.75, 3.05) is 24.7 Å². The van der Waals surface area contributed by atoms with Crippen LogP contribution in [0.15, 0.2) is 0 Å². The molecule has 1 amide bonds. The third-order valence-electron chi connectivity index (χ3n) is 1.37. The molecule has 0 aromatic rings. The molecule has 0 aromatic carbocycles. The molecule has 0 aromatic heterocycles. The Labute approximate surface area is 86.9 Å². The van der Waals surface area contributed by atoms with Crippen molar-refractivity contribution >= 4 is 23.6 Å². The first-order valence-corrected chi connectivity index (χ1v) is 5.49. The fourth-order valence-corrected chi connectivity index (χ4v) is 1.31. The van der Waals surface area contributed by atoms with Crippen LogP contribution in [-0.2, 0) is 9.59 Å². The Morgan fingerprint density at radius 2 is 1.93 bits per heavy atom. The second kappa shape index (κ2) is 8.83. The SMILES string of the molecule is O=C(O)CSCC(=O)NCCCCO. The van der Waals surface area contributed by atoms with Crippen LogP contribution in [0.1, 0.15) is 12.8 Å². The second-order valence-corrected chi connectivity index (χ2v) is 3.65. The summed E-state index contributed by atoms with van der Waals surface area (Å²) in [5.74, 6) is -0.951. The molecule has 14 heavy (non-hydrogen) atoms. The van der Waals surface area contributed by atoms with Gasteiger partial charge in [-0.25, -0.2) is 0 Å². The van der Waals surface area contributed by atoms with Gasteiger partial charge in [0.1, 0.15) is 0 Å². The highest BCUT2D eigenvalue weighted by Crippen LogP contribution is 1.98. The van der Waals surface area contributed by atoms with Gasteiger partial charge >= 0.3 is 5.97 Å². The summed E-state index contributed by atoms with van der Waals surface area (Å²) in [6, 6.07) is 0. The van der Waals surface area contributed by atoms with Crippen molar-refractivity contribution < 1.29 is 19.8 Å². The summed E-state index contributed by atoms with van der Waals surface area (Å²) in [6.07, 6.45) is 1.41. The molecule has 0 saturated heterocycles. The Kier molecular flexibility index (Phi) is 8.36. The molecule has 6 heteroatoms. The Morgan fingerprint density at radius 3 is 2.50 bits per heavy atom. The van der Waals surface area contributed by atoms with Crippen molar-refractivity contribution in [3.05, 3.63) is 0 Å². The van der Waals surface area contributed by atoms with E-state index in [9.17, 15) is 9.59 Å². The van der Waals surface area contributed by atoms with Gasteiger partial charge in [-0.05, 0) is 12.8 Å². The molecular formula is C8H15NO4S. The summed E-state index contributed by atoms with van der Waals surface area (Å²) in [5.41, 5.74) is 0. The lowest BCUT2D eigenvalue weighted by Gasteiger charge is -2.02. The molecule has 3 N–H and O–H groups in total. The maximum atomic E-state index is 11.0. The van der Waals surface area contributed by atoms with Crippen LogP contribution < -0.4 is 5.32 Å². The van der Waals surface area contributed by atoms with Gasteiger partial charge in [-0.1, -0.05) is 0 Å². The van der Waals surface area contributed by atoms with Gasteiger partial charge in [0.25, 0.3) is 0 Å². The number of amides is 1. The van der Waals surface area contributed by atoms with Crippen LogP contribution >= 0.6 is 11.8 Å². The number of carbonyl (C=O) groups excluding carboxylic acids is 1. The van der Waals surface area contributed by atoms with E-state index in [0.29, 0.717) is 13.0 Å². The van der Waals surface area contributed by atoms with Gasteiger partial charge in [-0.3, -0.25) is 9.59 Å². The molecule has 82 valence electrons. The van der Waals surface area contributed by atoms with E-state index in [-0.39, 0.29) is 24.0 Å². The molecule has 0 aliphatic carbocycles. The molecule has 0 radical (unpaired) electrons. The van der Waals surface area contributed by atoms with Crippen LogP contribution in [0.25, 0.3) is 0 Å². The highest BCUT2D eigenvalue weighted by molar-refractivity contribution is 8.00. The lowest BCUT2D eigenvalue weighted by molar-refractivity contribution is -0.133. The molecule has 0 bridgehead atoms. The van der Waals surface area contributed by atoms with Gasteiger partial charge in [0.15, 0.2) is 0 Å². The number of unbranched alkanes of at least 4 members (excludes halogenated alkanes) is 1. The third-order valence-corrected chi connectivity index (χ3v) is 2.28. The van der Waals surface area contributed by atoms with Crippen molar-refractivity contribution in [2.45, 2.75) is 12.8 Å². The van der Waals surface area contributed by atoms with Crippen molar-refractivity contribution in [3.63, 3.8) is 0 Å². The summed E-state index contributed by atoms with van der Waals surface area (Å²) in [6.45, 7) is 0.663. The zero-order chi connectivity index (χ0) is 10.8. The van der Waals surface area contributed by atoms with E-state index in [1.54, 1.807) is 0 Å². The molecule has 0 aliphatic heterocycles. The van der Waals surface area contributed by atoms with Crippen LogP contribution in [-0.4, -0.2) is 46.7 Å². The van der Waals surface area contributed by atoms with E-state index >= 15 is 0 Å². The Hall–Kier alpha value is -0.750. The molecule has 0 saturated carbocycles. The quantitative estimate of drug-likeness (QED) is 0.490. The highest BCUT2D eigenvalue weighted by atomic mass is 32.2. The summed E-state index contributed by atoms with van der Waals surface area (Å²) in [7, 11) is 0. The molecule has 0 aliphatic rings. The van der Waals surface area contributed by atoms with Crippen molar-refractivity contribution in [1.82, 2.24) is 5.32 Å². The van der Waals surface area contributed by atoms with E-state index in [1.165, 1.54) is 0 Å². The molecule has 0 unspecified atom stereocenters. The minimum Gasteiger partial charge on any atom is -0.481 e. The number of hydrogen-bond acceptors (Lipinski definition) is 4. The number of hydrogen-bond donors (Lipinski definition) is 3. The fourth-order valence-electron chi connectivity index (χ4n) is 0.747. The number of aliphatic carboxylic acids is 1. The molecule has 0 heterocycles. The van der Waals surface area contributed by atoms with Gasteiger partial charge in [-0.15, -0.1) is 11.8 Å². The number of aliphatic hydroxyl groups is 1. The number of carbonyl (C=O) groups is 2. The second-order valence-electron chi connectivity index (χ2n) is 2.67. The molecular weight excluding hydrogens is 206 g/mol. The average Bonchev–Trinajstić information content (AvgIpc) is 2.12. The molecule has 5 nitrogen and oxygen atoms in total. The Morgan fingerprint density at radius 1 is 1.21 bits per heavy atom. The van der Waals surface area contributed by atoms with Crippen molar-refractivity contribution in [1.29, 1.82) is 0 Å². The summed E-state index contributed by atoms with van der Waals surface area (Å²) >= 11 is 1.07. The molecule has 0 fully saturated rings. The van der Waals surface area contributed by atoms with Gasteiger partial charge in [0, 0.05) is 13.2 Å². The number of nitrogens with one attached hydrogen (secondary N) is 1. The van der Waals surface area contributed by atoms with Crippen molar-refractivity contribution in [3.8, 4) is 0 Å². The molecule has 0 rings (SSSR count). The fraction of sp³-hybridized carbons (Fsp3) is 0.750. The molecule has 0 spiro atoms. The van der Waals surface area contributed by atoms with E-state index in [1.807, 2.05) is 0 Å². The number of rotatable bonds is 8. The van der Waals surface area contributed by atoms with E-state index in [2.05, 4.69) is 5.32 Å². The highest BCUT2D eigenvalue weighted by Gasteiger charge is 2.02. The van der Waals surface area contributed by atoms with Crippen molar-refractivity contribution in [2.24, 2.45) is 0 Å². The van der Waals surface area contributed by atoms with Gasteiger partial charge in [0.2, 0.25) is 5.91 Å². The third kappa shape index (κ3) is 9.34. The lowest BCUT2D eigenvalue weighted by Crippen LogP contribution is -2.26. The van der Waals surface area contributed by atoms with Crippen LogP contribution in [0, 0.1) is 0 Å². The number of aliphatic hydroxyl groups excluding tert-OH is 1. The summed E-state index contributed by atoms with van der Waals surface area (Å²) < 4.78 is 0. The number of thioether (sulfide) groups is 1. The van der Waals surface area contributed by atoms with Crippen LogP contribution in [0.4, 0.5) is 0 Å². The summed E-state index contributed by atoms with van der Waals surface area (Å²) in [4.78, 5) is 21.1.